The van der Waals surface area contributed by atoms with Crippen molar-refractivity contribution in [3.05, 3.63) is 59.3 Å². The van der Waals surface area contributed by atoms with Gasteiger partial charge in [0, 0.05) is 33.8 Å². The Labute approximate surface area is 139 Å². The summed E-state index contributed by atoms with van der Waals surface area (Å²) in [5, 5.41) is 11.4. The molecule has 2 aromatic heterocycles. The van der Waals surface area contributed by atoms with Crippen molar-refractivity contribution < 1.29 is 9.72 Å². The number of halogens is 2. The number of benzene rings is 1. The number of nitrogens with one attached hydrogen (secondary N) is 1. The van der Waals surface area contributed by atoms with Crippen LogP contribution < -0.4 is 0 Å². The molecule has 0 fully saturated rings. The Hall–Kier alpha value is -1.51. The highest BCUT2D eigenvalue weighted by molar-refractivity contribution is 9.13. The summed E-state index contributed by atoms with van der Waals surface area (Å²) < 4.78 is 1.67. The van der Waals surface area contributed by atoms with Crippen molar-refractivity contribution in [2.75, 3.05) is 0 Å². The monoisotopic (exact) mass is 428 g/mol. The predicted octanol–water partition coefficient (Wildman–Crippen LogP) is 4.89. The molecule has 0 aliphatic heterocycles. The fourth-order valence-electron chi connectivity index (χ4n) is 2.01. The molecule has 0 bridgehead atoms. The van der Waals surface area contributed by atoms with Crippen LogP contribution in [0.25, 0.3) is 10.9 Å². The van der Waals surface area contributed by atoms with Gasteiger partial charge in [-0.05, 0) is 44.0 Å². The summed E-state index contributed by atoms with van der Waals surface area (Å²) in [5.41, 5.74) is 1.06. The minimum Gasteiger partial charge on any atom is -0.360 e. The number of carbonyl (C=O) groups excluding carboxylic acids is 1. The molecule has 106 valence electrons. The van der Waals surface area contributed by atoms with E-state index in [0.29, 0.717) is 21.3 Å². The highest BCUT2D eigenvalue weighted by Gasteiger charge is 2.19. The maximum atomic E-state index is 12.5. The number of hydrogen-bond donors (Lipinski definition) is 1. The molecular formula is C13H6Br2N2O3S. The van der Waals surface area contributed by atoms with Crippen LogP contribution >= 0.6 is 43.2 Å². The van der Waals surface area contributed by atoms with Gasteiger partial charge in [0.25, 0.3) is 5.69 Å². The zero-order chi connectivity index (χ0) is 15.1. The van der Waals surface area contributed by atoms with Gasteiger partial charge in [0.15, 0.2) is 0 Å². The Kier molecular flexibility index (Phi) is 3.68. The largest absolute Gasteiger partial charge is 0.360 e. The number of nitro groups is 1. The molecule has 0 spiro atoms. The summed E-state index contributed by atoms with van der Waals surface area (Å²) in [5.74, 6) is -0.119. The Morgan fingerprint density at radius 2 is 2.05 bits per heavy atom. The first-order chi connectivity index (χ1) is 9.97. The van der Waals surface area contributed by atoms with Gasteiger partial charge in [-0.2, -0.15) is 0 Å². The Balaban J connectivity index is 2.08. The van der Waals surface area contributed by atoms with E-state index in [1.54, 1.807) is 18.3 Å². The third kappa shape index (κ3) is 2.54. The number of non-ortho nitro benzene ring substituents is 1. The number of fused-ring (bicyclic) bond motifs is 1. The van der Waals surface area contributed by atoms with E-state index < -0.39 is 4.92 Å². The van der Waals surface area contributed by atoms with Crippen molar-refractivity contribution in [2.45, 2.75) is 0 Å². The third-order valence-corrected chi connectivity index (χ3v) is 6.24. The molecule has 1 N–H and O–H groups in total. The predicted molar refractivity (Wildman–Crippen MR) is 88.1 cm³/mol. The molecule has 0 aliphatic rings. The van der Waals surface area contributed by atoms with Crippen LogP contribution in [0.2, 0.25) is 0 Å². The molecule has 5 nitrogen and oxygen atoms in total. The van der Waals surface area contributed by atoms with Crippen molar-refractivity contribution >= 4 is 65.6 Å². The Morgan fingerprint density at radius 1 is 1.29 bits per heavy atom. The van der Waals surface area contributed by atoms with Gasteiger partial charge >= 0.3 is 0 Å². The fraction of sp³-hybridized carbons (Fsp3) is 0. The van der Waals surface area contributed by atoms with Gasteiger partial charge in [-0.3, -0.25) is 14.9 Å². The topological polar surface area (TPSA) is 76.0 Å². The van der Waals surface area contributed by atoms with Crippen molar-refractivity contribution in [2.24, 2.45) is 0 Å². The minimum absolute atomic E-state index is 0.00929. The Bertz CT molecular complexity index is 865. The SMILES string of the molecule is O=C(c1cc(Br)c(Br)s1)c1c[nH]c2cc([N+](=O)[O-])ccc12. The lowest BCUT2D eigenvalue weighted by Crippen LogP contribution is -1.97. The first-order valence-corrected chi connectivity index (χ1v) is 8.12. The van der Waals surface area contributed by atoms with Crippen LogP contribution in [0.1, 0.15) is 15.2 Å². The van der Waals surface area contributed by atoms with Crippen LogP contribution in [0.3, 0.4) is 0 Å². The summed E-state index contributed by atoms with van der Waals surface area (Å²) in [6.45, 7) is 0. The van der Waals surface area contributed by atoms with Gasteiger partial charge in [-0.25, -0.2) is 0 Å². The van der Waals surface area contributed by atoms with Gasteiger partial charge < -0.3 is 4.98 Å². The molecule has 3 rings (SSSR count). The van der Waals surface area contributed by atoms with Gasteiger partial charge in [0.1, 0.15) is 0 Å². The number of nitro benzene ring substituents is 1. The molecule has 0 saturated heterocycles. The lowest BCUT2D eigenvalue weighted by molar-refractivity contribution is -0.384. The second-order valence-corrected chi connectivity index (χ2v) is 7.48. The zero-order valence-corrected chi connectivity index (χ0v) is 14.2. The average Bonchev–Trinajstić information content (AvgIpc) is 3.01. The van der Waals surface area contributed by atoms with Gasteiger partial charge in [0.05, 0.1) is 19.1 Å². The van der Waals surface area contributed by atoms with Crippen molar-refractivity contribution in [1.29, 1.82) is 0 Å². The van der Waals surface area contributed by atoms with E-state index in [1.807, 2.05) is 0 Å². The quantitative estimate of drug-likeness (QED) is 0.365. The molecule has 0 amide bonds. The molecule has 3 aromatic rings. The van der Waals surface area contributed by atoms with Crippen LogP contribution in [0.4, 0.5) is 5.69 Å². The van der Waals surface area contributed by atoms with Crippen LogP contribution in [0.15, 0.2) is 38.7 Å². The minimum atomic E-state index is -0.463. The lowest BCUT2D eigenvalue weighted by atomic mass is 10.1. The number of aromatic nitrogens is 1. The van der Waals surface area contributed by atoms with Crippen molar-refractivity contribution in [1.82, 2.24) is 4.98 Å². The summed E-state index contributed by atoms with van der Waals surface area (Å²) in [7, 11) is 0. The molecule has 0 aliphatic carbocycles. The first-order valence-electron chi connectivity index (χ1n) is 5.72. The van der Waals surface area contributed by atoms with Crippen molar-refractivity contribution in [3.8, 4) is 0 Å². The van der Waals surface area contributed by atoms with Gasteiger partial charge in [-0.15, -0.1) is 11.3 Å². The number of hydrogen-bond acceptors (Lipinski definition) is 4. The van der Waals surface area contributed by atoms with E-state index >= 15 is 0 Å². The maximum absolute atomic E-state index is 12.5. The average molecular weight is 430 g/mol. The van der Waals surface area contributed by atoms with E-state index in [9.17, 15) is 14.9 Å². The van der Waals surface area contributed by atoms with Crippen LogP contribution in [-0.2, 0) is 0 Å². The number of aromatic amines is 1. The van der Waals surface area contributed by atoms with E-state index in [1.165, 1.54) is 23.5 Å². The molecule has 0 atom stereocenters. The normalized spacial score (nSPS) is 11.0. The standard InChI is InChI=1S/C13H6Br2N2O3S/c14-9-4-11(21-13(9)15)12(18)8-5-16-10-3-6(17(19)20)1-2-7(8)10/h1-5,16H. The van der Waals surface area contributed by atoms with E-state index in [4.69, 9.17) is 0 Å². The molecule has 0 saturated carbocycles. The summed E-state index contributed by atoms with van der Waals surface area (Å²) >= 11 is 8.05. The first kappa shape index (κ1) is 14.4. The van der Waals surface area contributed by atoms with E-state index in [-0.39, 0.29) is 11.5 Å². The van der Waals surface area contributed by atoms with Crippen LogP contribution in [0, 0.1) is 10.1 Å². The number of ketones is 1. The molecule has 1 aromatic carbocycles. The third-order valence-electron chi connectivity index (χ3n) is 2.99. The van der Waals surface area contributed by atoms with E-state index in [2.05, 4.69) is 36.8 Å². The Morgan fingerprint density at radius 3 is 2.67 bits per heavy atom. The number of carbonyl (C=O) groups is 1. The van der Waals surface area contributed by atoms with Gasteiger partial charge in [0.2, 0.25) is 5.78 Å². The number of thiophene rings is 1. The number of H-pyrrole nitrogens is 1. The molecule has 0 radical (unpaired) electrons. The van der Waals surface area contributed by atoms with Crippen molar-refractivity contribution in [3.63, 3.8) is 0 Å². The molecule has 2 heterocycles. The summed E-state index contributed by atoms with van der Waals surface area (Å²) in [6.07, 6.45) is 1.58. The zero-order valence-electron chi connectivity index (χ0n) is 10.2. The molecular weight excluding hydrogens is 424 g/mol. The van der Waals surface area contributed by atoms with E-state index in [0.717, 1.165) is 8.26 Å². The molecule has 21 heavy (non-hydrogen) atoms. The summed E-state index contributed by atoms with van der Waals surface area (Å²) in [4.78, 5) is 26.3. The molecule has 0 unspecified atom stereocenters. The highest BCUT2D eigenvalue weighted by atomic mass is 79.9. The fourth-order valence-corrected chi connectivity index (χ4v) is 4.00. The number of nitrogens with zero attached hydrogens (tertiary/aromatic N) is 1. The van der Waals surface area contributed by atoms with Gasteiger partial charge in [-0.1, -0.05) is 0 Å². The number of rotatable bonds is 3. The second kappa shape index (κ2) is 5.36. The molecule has 8 heteroatoms. The van der Waals surface area contributed by atoms with Crippen LogP contribution in [0.5, 0.6) is 0 Å². The maximum Gasteiger partial charge on any atom is 0.271 e. The smallest absolute Gasteiger partial charge is 0.271 e. The summed E-state index contributed by atoms with van der Waals surface area (Å²) in [6, 6.07) is 6.16. The highest BCUT2D eigenvalue weighted by Crippen LogP contribution is 2.34. The lowest BCUT2D eigenvalue weighted by Gasteiger charge is -1.96. The second-order valence-electron chi connectivity index (χ2n) is 4.25. The van der Waals surface area contributed by atoms with Crippen LogP contribution in [-0.4, -0.2) is 15.7 Å².